The van der Waals surface area contributed by atoms with Crippen molar-refractivity contribution < 1.29 is 4.79 Å². The van der Waals surface area contributed by atoms with Crippen LogP contribution >= 0.6 is 50.7 Å². The van der Waals surface area contributed by atoms with E-state index >= 15 is 0 Å². The average Bonchev–Trinajstić information content (AvgIpc) is 2.45. The lowest BCUT2D eigenvalue weighted by Crippen LogP contribution is -2.12. The Kier molecular flexibility index (Phi) is 5.29. The monoisotopic (exact) mass is 401 g/mol. The molecule has 0 aliphatic heterocycles. The van der Waals surface area contributed by atoms with Crippen molar-refractivity contribution in [3.63, 3.8) is 0 Å². The minimum Gasteiger partial charge on any atom is -0.292 e. The van der Waals surface area contributed by atoms with Gasteiger partial charge in [-0.25, -0.2) is 0 Å². The molecule has 6 heteroatoms. The number of ketones is 1. The summed E-state index contributed by atoms with van der Waals surface area (Å²) in [6, 6.07) is 11.5. The number of rotatable bonds is 3. The van der Waals surface area contributed by atoms with E-state index in [-0.39, 0.29) is 15.8 Å². The number of hydrogen-bond donors (Lipinski definition) is 0. The van der Waals surface area contributed by atoms with E-state index in [0.717, 1.165) is 0 Å². The van der Waals surface area contributed by atoms with E-state index in [1.807, 2.05) is 6.07 Å². The smallest absolute Gasteiger partial charge is 0.184 e. The van der Waals surface area contributed by atoms with Crippen LogP contribution in [0.1, 0.15) is 21.8 Å². The van der Waals surface area contributed by atoms with Gasteiger partial charge in [0.05, 0.1) is 11.1 Å². The highest BCUT2D eigenvalue weighted by Gasteiger charge is 2.26. The van der Waals surface area contributed by atoms with E-state index in [2.05, 4.69) is 15.9 Å². The standard InChI is InChI=1S/C15H7BrCl3NO/c16-10-6-8(4-5-11(10)17)15(21)9(7-20)14-12(18)2-1-3-13(14)19/h1-6,9H. The molecule has 0 heterocycles. The van der Waals surface area contributed by atoms with Crippen LogP contribution in [0, 0.1) is 11.3 Å². The Morgan fingerprint density at radius 2 is 1.71 bits per heavy atom. The zero-order valence-corrected chi connectivity index (χ0v) is 14.3. The van der Waals surface area contributed by atoms with Crippen LogP contribution < -0.4 is 0 Å². The number of nitrogens with zero attached hydrogens (tertiary/aromatic N) is 1. The van der Waals surface area contributed by atoms with Crippen LogP contribution in [0.25, 0.3) is 0 Å². The number of hydrogen-bond acceptors (Lipinski definition) is 2. The fourth-order valence-corrected chi connectivity index (χ4v) is 2.97. The van der Waals surface area contributed by atoms with Gasteiger partial charge >= 0.3 is 0 Å². The summed E-state index contributed by atoms with van der Waals surface area (Å²) in [5.74, 6) is -1.45. The summed E-state index contributed by atoms with van der Waals surface area (Å²) in [6.45, 7) is 0. The molecule has 106 valence electrons. The van der Waals surface area contributed by atoms with Crippen molar-refractivity contribution in [1.82, 2.24) is 0 Å². The number of carbonyl (C=O) groups excluding carboxylic acids is 1. The van der Waals surface area contributed by atoms with Crippen molar-refractivity contribution >= 4 is 56.5 Å². The first-order valence-electron chi connectivity index (χ1n) is 5.78. The molecule has 0 fully saturated rings. The van der Waals surface area contributed by atoms with Gasteiger partial charge in [-0.1, -0.05) is 40.9 Å². The van der Waals surface area contributed by atoms with Gasteiger partial charge in [-0.2, -0.15) is 5.26 Å². The summed E-state index contributed by atoms with van der Waals surface area (Å²) in [7, 11) is 0. The SMILES string of the molecule is N#CC(C(=O)c1ccc(Cl)c(Br)c1)c1c(Cl)cccc1Cl. The zero-order valence-electron chi connectivity index (χ0n) is 10.4. The summed E-state index contributed by atoms with van der Waals surface area (Å²) in [6.07, 6.45) is 0. The number of Topliss-reactive ketones (excluding diaryl/α,β-unsaturated/α-hetero) is 1. The molecule has 0 N–H and O–H groups in total. The summed E-state index contributed by atoms with van der Waals surface area (Å²) < 4.78 is 0.581. The first-order valence-corrected chi connectivity index (χ1v) is 7.71. The first-order chi connectivity index (χ1) is 9.95. The van der Waals surface area contributed by atoms with Crippen LogP contribution in [-0.4, -0.2) is 5.78 Å². The predicted molar refractivity (Wildman–Crippen MR) is 88.3 cm³/mol. The topological polar surface area (TPSA) is 40.9 Å². The molecule has 1 unspecified atom stereocenters. The van der Waals surface area contributed by atoms with Crippen molar-refractivity contribution in [1.29, 1.82) is 5.26 Å². The molecular weight excluding hydrogens is 396 g/mol. The van der Waals surface area contributed by atoms with Crippen LogP contribution in [0.4, 0.5) is 0 Å². The molecule has 2 nitrogen and oxygen atoms in total. The number of halogens is 4. The predicted octanol–water partition coefficient (Wildman–Crippen LogP) is 5.90. The summed E-state index contributed by atoms with van der Waals surface area (Å²) in [5.41, 5.74) is 0.674. The van der Waals surface area contributed by atoms with E-state index in [1.165, 1.54) is 0 Å². The van der Waals surface area contributed by atoms with E-state index in [1.54, 1.807) is 36.4 Å². The van der Waals surface area contributed by atoms with Gasteiger partial charge in [0.25, 0.3) is 0 Å². The quantitative estimate of drug-likeness (QED) is 0.599. The van der Waals surface area contributed by atoms with E-state index in [9.17, 15) is 10.1 Å². The van der Waals surface area contributed by atoms with Crippen molar-refractivity contribution in [3.8, 4) is 6.07 Å². The minimum absolute atomic E-state index is 0.287. The summed E-state index contributed by atoms with van der Waals surface area (Å²) >= 11 is 21.3. The maximum atomic E-state index is 12.5. The fourth-order valence-electron chi connectivity index (χ4n) is 1.86. The van der Waals surface area contributed by atoms with E-state index < -0.39 is 5.92 Å². The molecule has 21 heavy (non-hydrogen) atoms. The molecule has 0 saturated heterocycles. The van der Waals surface area contributed by atoms with Crippen LogP contribution in [0.5, 0.6) is 0 Å². The van der Waals surface area contributed by atoms with Gasteiger partial charge in [0.15, 0.2) is 5.78 Å². The number of carbonyl (C=O) groups is 1. The molecule has 0 aliphatic rings. The van der Waals surface area contributed by atoms with E-state index in [4.69, 9.17) is 34.8 Å². The highest BCUT2D eigenvalue weighted by Crippen LogP contribution is 2.34. The van der Waals surface area contributed by atoms with E-state index in [0.29, 0.717) is 20.6 Å². The average molecular weight is 403 g/mol. The third-order valence-corrected chi connectivity index (χ3v) is 4.76. The van der Waals surface area contributed by atoms with Gasteiger partial charge in [-0.3, -0.25) is 4.79 Å². The Balaban J connectivity index is 2.49. The van der Waals surface area contributed by atoms with Gasteiger partial charge in [0.2, 0.25) is 0 Å². The van der Waals surface area contributed by atoms with Crippen LogP contribution in [0.2, 0.25) is 15.1 Å². The molecule has 0 amide bonds. The molecule has 1 atom stereocenters. The molecule has 2 aromatic rings. The third kappa shape index (κ3) is 3.41. The van der Waals surface area contributed by atoms with Crippen molar-refractivity contribution in [2.24, 2.45) is 0 Å². The molecule has 0 spiro atoms. The van der Waals surface area contributed by atoms with Gasteiger partial charge < -0.3 is 0 Å². The third-order valence-electron chi connectivity index (χ3n) is 2.88. The van der Waals surface area contributed by atoms with Crippen molar-refractivity contribution in [2.45, 2.75) is 5.92 Å². The normalized spacial score (nSPS) is 11.8. The largest absolute Gasteiger partial charge is 0.292 e. The molecule has 0 bridgehead atoms. The number of nitriles is 1. The highest BCUT2D eigenvalue weighted by molar-refractivity contribution is 9.10. The second-order valence-corrected chi connectivity index (χ2v) is 6.27. The lowest BCUT2D eigenvalue weighted by atomic mass is 9.92. The van der Waals surface area contributed by atoms with Crippen LogP contribution in [0.3, 0.4) is 0 Å². The minimum atomic E-state index is -1.07. The highest BCUT2D eigenvalue weighted by atomic mass is 79.9. The second-order valence-electron chi connectivity index (χ2n) is 4.19. The molecular formula is C15H7BrCl3NO. The lowest BCUT2D eigenvalue weighted by Gasteiger charge is -2.12. The summed E-state index contributed by atoms with van der Waals surface area (Å²) in [5, 5.41) is 10.4. The Morgan fingerprint density at radius 1 is 1.10 bits per heavy atom. The van der Waals surface area contributed by atoms with Crippen molar-refractivity contribution in [2.75, 3.05) is 0 Å². The van der Waals surface area contributed by atoms with Gasteiger partial charge in [0.1, 0.15) is 5.92 Å². The lowest BCUT2D eigenvalue weighted by molar-refractivity contribution is 0.0979. The zero-order chi connectivity index (χ0) is 15.6. The van der Waals surface area contributed by atoms with Crippen LogP contribution in [0.15, 0.2) is 40.9 Å². The first kappa shape index (κ1) is 16.3. The Labute approximate surface area is 145 Å². The molecule has 0 aromatic heterocycles. The molecule has 2 aromatic carbocycles. The molecule has 0 saturated carbocycles. The fraction of sp³-hybridized carbons (Fsp3) is 0.0667. The Hall–Kier alpha value is -1.05. The van der Waals surface area contributed by atoms with Gasteiger partial charge in [-0.15, -0.1) is 0 Å². The Morgan fingerprint density at radius 3 is 2.24 bits per heavy atom. The van der Waals surface area contributed by atoms with Crippen molar-refractivity contribution in [3.05, 3.63) is 67.1 Å². The van der Waals surface area contributed by atoms with Crippen LogP contribution in [-0.2, 0) is 0 Å². The number of benzene rings is 2. The van der Waals surface area contributed by atoms with Gasteiger partial charge in [-0.05, 0) is 46.3 Å². The maximum absolute atomic E-state index is 12.5. The van der Waals surface area contributed by atoms with Gasteiger partial charge in [0, 0.05) is 25.6 Å². The Bertz CT molecular complexity index is 735. The molecule has 0 radical (unpaired) electrons. The second kappa shape index (κ2) is 6.81. The molecule has 0 aliphatic carbocycles. The maximum Gasteiger partial charge on any atom is 0.184 e. The summed E-state index contributed by atoms with van der Waals surface area (Å²) in [4.78, 5) is 12.5. The molecule has 2 rings (SSSR count).